The molecule has 0 saturated heterocycles. The van der Waals surface area contributed by atoms with Crippen molar-refractivity contribution in [1.82, 2.24) is 0 Å². The van der Waals surface area contributed by atoms with Crippen molar-refractivity contribution in [2.45, 2.75) is 13.5 Å². The van der Waals surface area contributed by atoms with Crippen LogP contribution in [0.4, 0.5) is 5.69 Å². The third-order valence-electron chi connectivity index (χ3n) is 4.91. The molecule has 0 N–H and O–H groups in total. The van der Waals surface area contributed by atoms with E-state index in [0.717, 1.165) is 11.1 Å². The Bertz CT molecular complexity index is 1240. The average molecular weight is 399 g/mol. The van der Waals surface area contributed by atoms with Crippen LogP contribution in [0.1, 0.15) is 21.7 Å². The van der Waals surface area contributed by atoms with Crippen LogP contribution in [-0.4, -0.2) is 13.0 Å². The van der Waals surface area contributed by atoms with Crippen molar-refractivity contribution in [3.63, 3.8) is 0 Å². The molecule has 0 spiro atoms. The number of benzene rings is 3. The minimum atomic E-state index is -0.385. The predicted molar refractivity (Wildman–Crippen MR) is 117 cm³/mol. The van der Waals surface area contributed by atoms with Crippen LogP contribution in [0.25, 0.3) is 11.0 Å². The first kappa shape index (κ1) is 19.5. The largest absolute Gasteiger partial charge is 0.497 e. The first-order chi connectivity index (χ1) is 14.5. The van der Waals surface area contributed by atoms with Crippen LogP contribution in [0.3, 0.4) is 0 Å². The first-order valence-corrected chi connectivity index (χ1v) is 9.59. The van der Waals surface area contributed by atoms with E-state index in [4.69, 9.17) is 9.15 Å². The number of carbonyl (C=O) groups excluding carboxylic acids is 1. The fourth-order valence-electron chi connectivity index (χ4n) is 3.31. The van der Waals surface area contributed by atoms with Crippen LogP contribution in [0.15, 0.2) is 88.1 Å². The minimum Gasteiger partial charge on any atom is -0.497 e. The van der Waals surface area contributed by atoms with E-state index < -0.39 is 0 Å². The Hall–Kier alpha value is -3.86. The highest BCUT2D eigenvalue weighted by Gasteiger charge is 2.22. The van der Waals surface area contributed by atoms with E-state index in [-0.39, 0.29) is 17.1 Å². The summed E-state index contributed by atoms with van der Waals surface area (Å²) in [6.45, 7) is 2.24. The molecular formula is C25H21NO4. The predicted octanol–water partition coefficient (Wildman–Crippen LogP) is 4.96. The second-order valence-corrected chi connectivity index (χ2v) is 7.05. The molecule has 30 heavy (non-hydrogen) atoms. The van der Waals surface area contributed by atoms with Crippen molar-refractivity contribution in [3.05, 3.63) is 106 Å². The average Bonchev–Trinajstić information content (AvgIpc) is 2.77. The number of aryl methyl sites for hydroxylation is 1. The fraction of sp³-hybridized carbons (Fsp3) is 0.120. The summed E-state index contributed by atoms with van der Waals surface area (Å²) in [5, 5.41) is 0.455. The maximum Gasteiger partial charge on any atom is 0.294 e. The van der Waals surface area contributed by atoms with E-state index in [0.29, 0.717) is 29.0 Å². The Kier molecular flexibility index (Phi) is 5.35. The number of fused-ring (bicyclic) bond motifs is 1. The van der Waals surface area contributed by atoms with Crippen molar-refractivity contribution in [2.75, 3.05) is 12.0 Å². The molecule has 1 aromatic heterocycles. The molecule has 0 bridgehead atoms. The zero-order valence-corrected chi connectivity index (χ0v) is 16.8. The van der Waals surface area contributed by atoms with Crippen molar-refractivity contribution in [2.24, 2.45) is 0 Å². The number of amides is 1. The number of carbonyl (C=O) groups is 1. The number of methoxy groups -OCH3 is 1. The second kappa shape index (κ2) is 8.25. The topological polar surface area (TPSA) is 59.8 Å². The molecular weight excluding hydrogens is 378 g/mol. The van der Waals surface area contributed by atoms with Crippen LogP contribution in [-0.2, 0) is 6.54 Å². The lowest BCUT2D eigenvalue weighted by atomic mass is 10.1. The molecule has 5 heteroatoms. The summed E-state index contributed by atoms with van der Waals surface area (Å²) in [4.78, 5) is 27.6. The van der Waals surface area contributed by atoms with Crippen LogP contribution >= 0.6 is 0 Å². The Morgan fingerprint density at radius 3 is 2.40 bits per heavy atom. The molecule has 3 aromatic carbocycles. The molecule has 0 aliphatic rings. The Morgan fingerprint density at radius 1 is 0.967 bits per heavy atom. The molecule has 0 unspecified atom stereocenters. The molecule has 0 radical (unpaired) electrons. The van der Waals surface area contributed by atoms with E-state index in [1.165, 1.54) is 6.07 Å². The molecule has 0 aliphatic heterocycles. The molecule has 0 saturated carbocycles. The van der Waals surface area contributed by atoms with Crippen molar-refractivity contribution in [3.8, 4) is 5.75 Å². The summed E-state index contributed by atoms with van der Waals surface area (Å²) in [7, 11) is 1.59. The van der Waals surface area contributed by atoms with Gasteiger partial charge in [0.2, 0.25) is 0 Å². The summed E-state index contributed by atoms with van der Waals surface area (Å²) < 4.78 is 11.1. The van der Waals surface area contributed by atoms with Gasteiger partial charge in [-0.25, -0.2) is 0 Å². The highest BCUT2D eigenvalue weighted by atomic mass is 16.5. The van der Waals surface area contributed by atoms with Gasteiger partial charge in [0.15, 0.2) is 11.2 Å². The normalized spacial score (nSPS) is 10.7. The highest BCUT2D eigenvalue weighted by molar-refractivity contribution is 6.04. The summed E-state index contributed by atoms with van der Waals surface area (Å²) in [6.07, 6.45) is 0. The van der Waals surface area contributed by atoms with Crippen molar-refractivity contribution >= 4 is 22.6 Å². The van der Waals surface area contributed by atoms with Gasteiger partial charge in [-0.2, -0.15) is 0 Å². The molecule has 0 aliphatic carbocycles. The number of ether oxygens (including phenoxy) is 1. The third kappa shape index (κ3) is 3.96. The number of nitrogens with zero attached hydrogens (tertiary/aromatic N) is 1. The Labute approximate surface area is 174 Å². The van der Waals surface area contributed by atoms with Gasteiger partial charge in [-0.3, -0.25) is 9.59 Å². The lowest BCUT2D eigenvalue weighted by molar-refractivity contribution is 0.0959. The Balaban J connectivity index is 1.78. The Morgan fingerprint density at radius 2 is 1.70 bits per heavy atom. The summed E-state index contributed by atoms with van der Waals surface area (Å²) >= 11 is 0. The quantitative estimate of drug-likeness (QED) is 0.476. The van der Waals surface area contributed by atoms with Gasteiger partial charge in [-0.05, 0) is 54.4 Å². The van der Waals surface area contributed by atoms with Crippen LogP contribution in [0, 0.1) is 6.92 Å². The maximum atomic E-state index is 13.4. The standard InChI is InChI=1S/C25H21NO4/c1-17-8-13-21-22(27)15-24(30-23(21)14-17)25(28)26(16-18-6-4-3-5-7-18)19-9-11-20(29-2)12-10-19/h3-15H,16H2,1-2H3. The molecule has 150 valence electrons. The maximum absolute atomic E-state index is 13.4. The molecule has 4 aromatic rings. The first-order valence-electron chi connectivity index (χ1n) is 9.59. The summed E-state index contributed by atoms with van der Waals surface area (Å²) in [5.74, 6) is 0.313. The van der Waals surface area contributed by atoms with Crippen LogP contribution < -0.4 is 15.1 Å². The fourth-order valence-corrected chi connectivity index (χ4v) is 3.31. The van der Waals surface area contributed by atoms with Gasteiger partial charge in [0, 0.05) is 11.8 Å². The molecule has 1 amide bonds. The van der Waals surface area contributed by atoms with Gasteiger partial charge >= 0.3 is 0 Å². The monoisotopic (exact) mass is 399 g/mol. The lowest BCUT2D eigenvalue weighted by Crippen LogP contribution is -2.31. The van der Waals surface area contributed by atoms with Crippen molar-refractivity contribution in [1.29, 1.82) is 0 Å². The molecule has 0 fully saturated rings. The van der Waals surface area contributed by atoms with Crippen molar-refractivity contribution < 1.29 is 13.9 Å². The molecule has 4 rings (SSSR count). The zero-order valence-electron chi connectivity index (χ0n) is 16.8. The van der Waals surface area contributed by atoms with E-state index in [1.807, 2.05) is 55.5 Å². The minimum absolute atomic E-state index is 0.00449. The van der Waals surface area contributed by atoms with E-state index >= 15 is 0 Å². The van der Waals surface area contributed by atoms with E-state index in [1.54, 1.807) is 36.3 Å². The number of hydrogen-bond donors (Lipinski definition) is 0. The molecule has 1 heterocycles. The van der Waals surface area contributed by atoms with Gasteiger partial charge < -0.3 is 14.1 Å². The molecule has 0 atom stereocenters. The van der Waals surface area contributed by atoms with E-state index in [9.17, 15) is 9.59 Å². The van der Waals surface area contributed by atoms with Gasteiger partial charge in [-0.1, -0.05) is 36.4 Å². The summed E-state index contributed by atoms with van der Waals surface area (Å²) in [6, 6.07) is 23.5. The van der Waals surface area contributed by atoms with Gasteiger partial charge in [-0.15, -0.1) is 0 Å². The van der Waals surface area contributed by atoms with E-state index in [2.05, 4.69) is 0 Å². The number of anilines is 1. The highest BCUT2D eigenvalue weighted by Crippen LogP contribution is 2.24. The smallest absolute Gasteiger partial charge is 0.294 e. The molecule has 5 nitrogen and oxygen atoms in total. The SMILES string of the molecule is COc1ccc(N(Cc2ccccc2)C(=O)c2cc(=O)c3ccc(C)cc3o2)cc1. The third-order valence-corrected chi connectivity index (χ3v) is 4.91. The van der Waals surface area contributed by atoms with Crippen LogP contribution in [0.5, 0.6) is 5.75 Å². The van der Waals surface area contributed by atoms with Gasteiger partial charge in [0.25, 0.3) is 5.91 Å². The second-order valence-electron chi connectivity index (χ2n) is 7.05. The number of hydrogen-bond acceptors (Lipinski definition) is 4. The number of rotatable bonds is 5. The zero-order chi connectivity index (χ0) is 21.1. The lowest BCUT2D eigenvalue weighted by Gasteiger charge is -2.23. The van der Waals surface area contributed by atoms with Gasteiger partial charge in [0.1, 0.15) is 11.3 Å². The van der Waals surface area contributed by atoms with Gasteiger partial charge in [0.05, 0.1) is 19.0 Å². The van der Waals surface area contributed by atoms with Crippen LogP contribution in [0.2, 0.25) is 0 Å². The summed E-state index contributed by atoms with van der Waals surface area (Å²) in [5.41, 5.74) is 2.75.